The van der Waals surface area contributed by atoms with E-state index < -0.39 is 11.7 Å². The minimum Gasteiger partial charge on any atom is -0.166 e. The zero-order chi connectivity index (χ0) is 19.4. The molecule has 27 heavy (non-hydrogen) atoms. The molecule has 0 amide bonds. The highest BCUT2D eigenvalue weighted by atomic mass is 79.9. The first-order chi connectivity index (χ1) is 12.8. The Labute approximate surface area is 170 Å². The normalized spacial score (nSPS) is 12.8. The van der Waals surface area contributed by atoms with Gasteiger partial charge in [-0.05, 0) is 65.8 Å². The second kappa shape index (κ2) is 8.49. The number of hydrogen-bond acceptors (Lipinski definition) is 0. The Bertz CT molecular complexity index is 887. The molecule has 3 aromatic rings. The fourth-order valence-electron chi connectivity index (χ4n) is 3.11. The van der Waals surface area contributed by atoms with E-state index in [4.69, 9.17) is 11.6 Å². The summed E-state index contributed by atoms with van der Waals surface area (Å²) in [6.07, 6.45) is -3.09. The zero-order valence-corrected chi connectivity index (χ0v) is 16.7. The van der Waals surface area contributed by atoms with Gasteiger partial charge in [-0.25, -0.2) is 0 Å². The van der Waals surface area contributed by atoms with E-state index >= 15 is 0 Å². The summed E-state index contributed by atoms with van der Waals surface area (Å²) in [5.41, 5.74) is 2.24. The summed E-state index contributed by atoms with van der Waals surface area (Å²) < 4.78 is 40.1. The fourth-order valence-corrected chi connectivity index (χ4v) is 3.50. The number of rotatable bonds is 5. The monoisotopic (exact) mass is 452 g/mol. The van der Waals surface area contributed by atoms with Crippen molar-refractivity contribution in [1.82, 2.24) is 0 Å². The van der Waals surface area contributed by atoms with Crippen LogP contribution in [0.1, 0.15) is 28.2 Å². The van der Waals surface area contributed by atoms with Gasteiger partial charge in [0.25, 0.3) is 0 Å². The first kappa shape index (κ1) is 20.0. The Kier molecular flexibility index (Phi) is 6.28. The quantitative estimate of drug-likeness (QED) is 0.371. The molecule has 3 aromatic carbocycles. The van der Waals surface area contributed by atoms with Crippen molar-refractivity contribution in [3.05, 3.63) is 105 Å². The third kappa shape index (κ3) is 5.60. The second-order valence-electron chi connectivity index (χ2n) is 6.48. The fraction of sp³-hybridized carbons (Fsp3) is 0.182. The maximum absolute atomic E-state index is 13.0. The van der Waals surface area contributed by atoms with Crippen molar-refractivity contribution in [2.24, 2.45) is 0 Å². The van der Waals surface area contributed by atoms with Crippen LogP contribution in [0.5, 0.6) is 0 Å². The van der Waals surface area contributed by atoms with Crippen molar-refractivity contribution in [2.45, 2.75) is 24.9 Å². The highest BCUT2D eigenvalue weighted by Crippen LogP contribution is 2.32. The van der Waals surface area contributed by atoms with Crippen LogP contribution < -0.4 is 0 Å². The molecule has 0 radical (unpaired) electrons. The van der Waals surface area contributed by atoms with Gasteiger partial charge in [-0.2, -0.15) is 13.2 Å². The third-order valence-corrected chi connectivity index (χ3v) is 5.25. The van der Waals surface area contributed by atoms with Gasteiger partial charge in [-0.15, -0.1) is 0 Å². The van der Waals surface area contributed by atoms with Crippen molar-refractivity contribution in [3.8, 4) is 0 Å². The van der Waals surface area contributed by atoms with Crippen LogP contribution in [-0.2, 0) is 19.0 Å². The lowest BCUT2D eigenvalue weighted by atomic mass is 9.86. The topological polar surface area (TPSA) is 0 Å². The molecule has 1 unspecified atom stereocenters. The number of halogens is 5. The average molecular weight is 454 g/mol. The van der Waals surface area contributed by atoms with E-state index in [2.05, 4.69) is 15.9 Å². The lowest BCUT2D eigenvalue weighted by molar-refractivity contribution is -0.137. The van der Waals surface area contributed by atoms with Crippen molar-refractivity contribution in [3.63, 3.8) is 0 Å². The molecule has 0 heterocycles. The predicted octanol–water partition coefficient (Wildman–Crippen LogP) is 7.69. The van der Waals surface area contributed by atoms with Crippen LogP contribution in [0.2, 0.25) is 5.02 Å². The van der Waals surface area contributed by atoms with Crippen LogP contribution in [0.4, 0.5) is 13.2 Å². The second-order valence-corrected chi connectivity index (χ2v) is 7.83. The van der Waals surface area contributed by atoms with Gasteiger partial charge in [0.1, 0.15) is 0 Å². The molecule has 0 spiro atoms. The summed E-state index contributed by atoms with van der Waals surface area (Å²) >= 11 is 9.42. The van der Waals surface area contributed by atoms with Gasteiger partial charge in [0.05, 0.1) is 5.56 Å². The van der Waals surface area contributed by atoms with Gasteiger partial charge in [-0.3, -0.25) is 0 Å². The van der Waals surface area contributed by atoms with E-state index in [9.17, 15) is 13.2 Å². The molecule has 0 saturated heterocycles. The largest absolute Gasteiger partial charge is 0.416 e. The summed E-state index contributed by atoms with van der Waals surface area (Å²) in [5.74, 6) is 0.0481. The number of benzene rings is 3. The van der Waals surface area contributed by atoms with Crippen LogP contribution >= 0.6 is 27.5 Å². The minimum atomic E-state index is -4.34. The molecule has 0 aliphatic carbocycles. The Hall–Kier alpha value is -1.78. The highest BCUT2D eigenvalue weighted by molar-refractivity contribution is 9.10. The van der Waals surface area contributed by atoms with Crippen LogP contribution in [0.3, 0.4) is 0 Å². The van der Waals surface area contributed by atoms with Gasteiger partial charge < -0.3 is 0 Å². The molecule has 5 heteroatoms. The van der Waals surface area contributed by atoms with Gasteiger partial charge in [-0.1, -0.05) is 70.0 Å². The molecule has 1 atom stereocenters. The zero-order valence-electron chi connectivity index (χ0n) is 14.3. The Morgan fingerprint density at radius 3 is 2.07 bits per heavy atom. The van der Waals surface area contributed by atoms with E-state index in [1.807, 2.05) is 48.5 Å². The van der Waals surface area contributed by atoms with Gasteiger partial charge >= 0.3 is 6.18 Å². The number of hydrogen-bond donors (Lipinski definition) is 0. The van der Waals surface area contributed by atoms with Gasteiger partial charge in [0, 0.05) is 9.50 Å². The van der Waals surface area contributed by atoms with E-state index in [1.54, 1.807) is 6.07 Å². The maximum atomic E-state index is 13.0. The molecule has 0 N–H and O–H groups in total. The van der Waals surface area contributed by atoms with E-state index in [-0.39, 0.29) is 5.92 Å². The molecule has 0 nitrogen and oxygen atoms in total. The SMILES string of the molecule is FC(F)(F)c1cccc(CC(Cc2ccc(Br)cc2)c2ccc(Cl)cc2)c1. The van der Waals surface area contributed by atoms with Crippen molar-refractivity contribution >= 4 is 27.5 Å². The van der Waals surface area contributed by atoms with Gasteiger partial charge in [0.15, 0.2) is 0 Å². The molecule has 3 rings (SSSR count). The van der Waals surface area contributed by atoms with E-state index in [0.29, 0.717) is 17.0 Å². The van der Waals surface area contributed by atoms with Crippen molar-refractivity contribution < 1.29 is 13.2 Å². The van der Waals surface area contributed by atoms with E-state index in [1.165, 1.54) is 12.1 Å². The van der Waals surface area contributed by atoms with Crippen LogP contribution in [-0.4, -0.2) is 0 Å². The smallest absolute Gasteiger partial charge is 0.166 e. The van der Waals surface area contributed by atoms with Crippen LogP contribution in [0, 0.1) is 0 Å². The summed E-state index contributed by atoms with van der Waals surface area (Å²) in [6, 6.07) is 21.1. The molecular weight excluding hydrogens is 437 g/mol. The van der Waals surface area contributed by atoms with Crippen molar-refractivity contribution in [2.75, 3.05) is 0 Å². The van der Waals surface area contributed by atoms with Crippen LogP contribution in [0.25, 0.3) is 0 Å². The predicted molar refractivity (Wildman–Crippen MR) is 107 cm³/mol. The Morgan fingerprint density at radius 2 is 1.44 bits per heavy atom. The molecule has 0 aliphatic rings. The number of alkyl halides is 3. The molecular formula is C22H17BrClF3. The summed E-state index contributed by atoms with van der Waals surface area (Å²) in [5, 5.41) is 0.639. The first-order valence-corrected chi connectivity index (χ1v) is 9.64. The molecule has 0 aliphatic heterocycles. The Morgan fingerprint density at radius 1 is 0.815 bits per heavy atom. The molecule has 0 aromatic heterocycles. The summed E-state index contributed by atoms with van der Waals surface area (Å²) in [7, 11) is 0. The molecule has 0 fully saturated rings. The van der Waals surface area contributed by atoms with Crippen LogP contribution in [0.15, 0.2) is 77.3 Å². The van der Waals surface area contributed by atoms with Crippen molar-refractivity contribution in [1.29, 1.82) is 0 Å². The lowest BCUT2D eigenvalue weighted by Crippen LogP contribution is -2.09. The first-order valence-electron chi connectivity index (χ1n) is 8.47. The molecule has 140 valence electrons. The van der Waals surface area contributed by atoms with Gasteiger partial charge in [0.2, 0.25) is 0 Å². The highest BCUT2D eigenvalue weighted by Gasteiger charge is 2.30. The molecule has 0 saturated carbocycles. The standard InChI is InChI=1S/C22H17BrClF3/c23-20-8-4-15(5-9-20)12-18(17-6-10-21(24)11-7-17)13-16-2-1-3-19(14-16)22(25,26)27/h1-11,14,18H,12-13H2. The van der Waals surface area contributed by atoms with E-state index in [0.717, 1.165) is 28.1 Å². The molecule has 0 bridgehead atoms. The lowest BCUT2D eigenvalue weighted by Gasteiger charge is -2.19. The summed E-state index contributed by atoms with van der Waals surface area (Å²) in [4.78, 5) is 0. The third-order valence-electron chi connectivity index (χ3n) is 4.47. The Balaban J connectivity index is 1.90. The maximum Gasteiger partial charge on any atom is 0.416 e. The minimum absolute atomic E-state index is 0.0481. The summed E-state index contributed by atoms with van der Waals surface area (Å²) in [6.45, 7) is 0. The average Bonchev–Trinajstić information content (AvgIpc) is 2.63.